The van der Waals surface area contributed by atoms with Gasteiger partial charge >= 0.3 is 0 Å². The van der Waals surface area contributed by atoms with Crippen molar-refractivity contribution in [2.75, 3.05) is 12.3 Å². The molecule has 1 aliphatic rings. The van der Waals surface area contributed by atoms with Crippen molar-refractivity contribution in [3.05, 3.63) is 23.9 Å². The number of halogens is 1. The van der Waals surface area contributed by atoms with E-state index in [9.17, 15) is 14.6 Å². The maximum absolute atomic E-state index is 14.0. The molecule has 108 valence electrons. The second-order valence-electron chi connectivity index (χ2n) is 4.95. The first-order valence-corrected chi connectivity index (χ1v) is 6.26. The average molecular weight is 282 g/mol. The minimum absolute atomic E-state index is 0.0167. The number of nitrogens with zero attached hydrogens (tertiary/aromatic N) is 3. The lowest BCUT2D eigenvalue weighted by Gasteiger charge is -2.14. The smallest absolute Gasteiger partial charge is 0.154 e. The van der Waals surface area contributed by atoms with Gasteiger partial charge in [0.2, 0.25) is 0 Å². The highest BCUT2D eigenvalue weighted by atomic mass is 19.1. The lowest BCUT2D eigenvalue weighted by Crippen LogP contribution is -2.24. The number of nitrogens with two attached hydrogens (primary N) is 1. The number of fused-ring (bicyclic) bond motifs is 1. The van der Waals surface area contributed by atoms with Gasteiger partial charge in [-0.25, -0.2) is 13.9 Å². The SMILES string of the molecule is C[C@H]1[C@H](O)[C@H](c2cc(F)c3c(N)ncnn23)O[C@@H]1CO. The largest absolute Gasteiger partial charge is 0.394 e. The first-order valence-electron chi connectivity index (χ1n) is 6.26. The molecule has 0 amide bonds. The summed E-state index contributed by atoms with van der Waals surface area (Å²) in [4.78, 5) is 3.74. The van der Waals surface area contributed by atoms with Gasteiger partial charge in [0.15, 0.2) is 11.6 Å². The quantitative estimate of drug-likeness (QED) is 0.709. The third-order valence-corrected chi connectivity index (χ3v) is 3.79. The van der Waals surface area contributed by atoms with E-state index in [4.69, 9.17) is 10.5 Å². The topological polar surface area (TPSA) is 106 Å². The van der Waals surface area contributed by atoms with Gasteiger partial charge in [-0.05, 0) is 0 Å². The predicted octanol–water partition coefficient (Wildman–Crippen LogP) is -0.120. The molecule has 20 heavy (non-hydrogen) atoms. The Balaban J connectivity index is 2.10. The maximum atomic E-state index is 14.0. The third kappa shape index (κ3) is 1.76. The standard InChI is InChI=1S/C12H15FN4O3/c1-5-8(3-18)20-11(10(5)19)7-2-6(13)9-12(14)15-4-16-17(7)9/h2,4-5,8,10-11,18-19H,3H2,1H3,(H2,14,15,16)/t5-,8-,10+,11+/m1/s1. The molecule has 0 saturated carbocycles. The fraction of sp³-hybridized carbons (Fsp3) is 0.500. The summed E-state index contributed by atoms with van der Waals surface area (Å²) in [6.07, 6.45) is -0.920. The number of aromatic nitrogens is 3. The molecule has 4 N–H and O–H groups in total. The third-order valence-electron chi connectivity index (χ3n) is 3.79. The first-order chi connectivity index (χ1) is 9.54. The predicted molar refractivity (Wildman–Crippen MR) is 67.2 cm³/mol. The van der Waals surface area contributed by atoms with E-state index in [1.165, 1.54) is 16.9 Å². The lowest BCUT2D eigenvalue weighted by molar-refractivity contribution is -0.0152. The molecule has 3 heterocycles. The number of nitrogen functional groups attached to an aromatic ring is 1. The Hall–Kier alpha value is -1.77. The van der Waals surface area contributed by atoms with Crippen LogP contribution in [-0.4, -0.2) is 43.6 Å². The Morgan fingerprint density at radius 2 is 2.30 bits per heavy atom. The van der Waals surface area contributed by atoms with Gasteiger partial charge in [-0.2, -0.15) is 5.10 Å². The molecule has 0 spiro atoms. The van der Waals surface area contributed by atoms with Crippen molar-refractivity contribution in [2.45, 2.75) is 25.2 Å². The van der Waals surface area contributed by atoms with Crippen molar-refractivity contribution in [2.24, 2.45) is 5.92 Å². The van der Waals surface area contributed by atoms with Crippen molar-refractivity contribution in [3.8, 4) is 0 Å². The van der Waals surface area contributed by atoms with Crippen LogP contribution in [0.2, 0.25) is 0 Å². The summed E-state index contributed by atoms with van der Waals surface area (Å²) in [6, 6.07) is 1.22. The average Bonchev–Trinajstić information content (AvgIpc) is 2.90. The molecular formula is C12H15FN4O3. The first kappa shape index (κ1) is 13.2. The monoisotopic (exact) mass is 282 g/mol. The van der Waals surface area contributed by atoms with Crippen molar-refractivity contribution < 1.29 is 19.3 Å². The second kappa shape index (κ2) is 4.65. The van der Waals surface area contributed by atoms with E-state index in [-0.39, 0.29) is 23.9 Å². The Bertz CT molecular complexity index is 647. The van der Waals surface area contributed by atoms with Gasteiger partial charge in [0.05, 0.1) is 24.5 Å². The molecule has 7 nitrogen and oxygen atoms in total. The fourth-order valence-corrected chi connectivity index (χ4v) is 2.59. The van der Waals surface area contributed by atoms with Gasteiger partial charge < -0.3 is 20.7 Å². The lowest BCUT2D eigenvalue weighted by atomic mass is 9.97. The van der Waals surface area contributed by atoms with Gasteiger partial charge in [-0.1, -0.05) is 6.92 Å². The molecule has 0 unspecified atom stereocenters. The summed E-state index contributed by atoms with van der Waals surface area (Å²) in [7, 11) is 0. The van der Waals surface area contributed by atoms with Crippen LogP contribution < -0.4 is 5.73 Å². The molecule has 2 aromatic heterocycles. The van der Waals surface area contributed by atoms with Crippen LogP contribution in [0.25, 0.3) is 5.52 Å². The van der Waals surface area contributed by atoms with E-state index in [0.29, 0.717) is 5.69 Å². The van der Waals surface area contributed by atoms with Crippen LogP contribution in [0.15, 0.2) is 12.4 Å². The summed E-state index contributed by atoms with van der Waals surface area (Å²) in [5, 5.41) is 23.4. The summed E-state index contributed by atoms with van der Waals surface area (Å²) in [5.74, 6) is -0.824. The van der Waals surface area contributed by atoms with Crippen molar-refractivity contribution >= 4 is 11.3 Å². The second-order valence-corrected chi connectivity index (χ2v) is 4.95. The van der Waals surface area contributed by atoms with Crippen LogP contribution in [0.3, 0.4) is 0 Å². The number of aliphatic hydroxyl groups excluding tert-OH is 2. The van der Waals surface area contributed by atoms with Gasteiger partial charge in [0.25, 0.3) is 0 Å². The van der Waals surface area contributed by atoms with Gasteiger partial charge in [-0.15, -0.1) is 0 Å². The van der Waals surface area contributed by atoms with E-state index in [1.807, 2.05) is 0 Å². The van der Waals surface area contributed by atoms with Gasteiger partial charge in [0.1, 0.15) is 17.9 Å². The normalized spacial score (nSPS) is 30.2. The number of aliphatic hydroxyl groups is 2. The molecule has 0 radical (unpaired) electrons. The zero-order valence-electron chi connectivity index (χ0n) is 10.8. The molecule has 0 aliphatic carbocycles. The highest BCUT2D eigenvalue weighted by molar-refractivity contribution is 5.66. The molecule has 3 rings (SSSR count). The minimum Gasteiger partial charge on any atom is -0.394 e. The van der Waals surface area contributed by atoms with Crippen LogP contribution >= 0.6 is 0 Å². The molecular weight excluding hydrogens is 267 g/mol. The number of hydrogen-bond acceptors (Lipinski definition) is 6. The number of anilines is 1. The van der Waals surface area contributed by atoms with Gasteiger partial charge in [-0.3, -0.25) is 0 Å². The van der Waals surface area contributed by atoms with Crippen LogP contribution in [0.4, 0.5) is 10.2 Å². The zero-order valence-corrected chi connectivity index (χ0v) is 10.8. The van der Waals surface area contributed by atoms with E-state index in [2.05, 4.69) is 10.1 Å². The van der Waals surface area contributed by atoms with Crippen molar-refractivity contribution in [3.63, 3.8) is 0 Å². The molecule has 1 saturated heterocycles. The summed E-state index contributed by atoms with van der Waals surface area (Å²) in [6.45, 7) is 1.55. The molecule has 8 heteroatoms. The van der Waals surface area contributed by atoms with Crippen molar-refractivity contribution in [1.29, 1.82) is 0 Å². The van der Waals surface area contributed by atoms with E-state index >= 15 is 0 Å². The molecule has 2 aromatic rings. The van der Waals surface area contributed by atoms with Crippen LogP contribution in [-0.2, 0) is 4.74 Å². The summed E-state index contributed by atoms with van der Waals surface area (Å²) >= 11 is 0. The molecule has 0 bridgehead atoms. The molecule has 1 fully saturated rings. The summed E-state index contributed by atoms with van der Waals surface area (Å²) < 4.78 is 20.8. The number of rotatable bonds is 2. The van der Waals surface area contributed by atoms with Crippen molar-refractivity contribution in [1.82, 2.24) is 14.6 Å². The van der Waals surface area contributed by atoms with E-state index in [0.717, 1.165) is 0 Å². The minimum atomic E-state index is -0.860. The number of ether oxygens (including phenoxy) is 1. The maximum Gasteiger partial charge on any atom is 0.154 e. The van der Waals surface area contributed by atoms with Crippen LogP contribution in [0.1, 0.15) is 18.7 Å². The zero-order chi connectivity index (χ0) is 14.4. The van der Waals surface area contributed by atoms with Gasteiger partial charge in [0, 0.05) is 12.0 Å². The van der Waals surface area contributed by atoms with E-state index in [1.54, 1.807) is 6.92 Å². The Kier molecular flexibility index (Phi) is 3.08. The Morgan fingerprint density at radius 3 is 2.95 bits per heavy atom. The molecule has 1 aliphatic heterocycles. The van der Waals surface area contributed by atoms with E-state index < -0.39 is 24.1 Å². The highest BCUT2D eigenvalue weighted by Gasteiger charge is 2.43. The molecule has 0 aromatic carbocycles. The van der Waals surface area contributed by atoms with Crippen LogP contribution in [0, 0.1) is 11.7 Å². The number of hydrogen-bond donors (Lipinski definition) is 3. The summed E-state index contributed by atoms with van der Waals surface area (Å²) in [5.41, 5.74) is 6.03. The fourth-order valence-electron chi connectivity index (χ4n) is 2.59. The Labute approximate surface area is 113 Å². The Morgan fingerprint density at radius 1 is 1.55 bits per heavy atom. The highest BCUT2D eigenvalue weighted by Crippen LogP contribution is 2.38. The molecule has 4 atom stereocenters. The van der Waals surface area contributed by atoms with Crippen LogP contribution in [0.5, 0.6) is 0 Å².